The third kappa shape index (κ3) is 3.13. The van der Waals surface area contributed by atoms with E-state index < -0.39 is 12.7 Å². The van der Waals surface area contributed by atoms with Crippen LogP contribution >= 0.6 is 0 Å². The van der Waals surface area contributed by atoms with Crippen LogP contribution in [0, 0.1) is 6.92 Å². The zero-order valence-corrected chi connectivity index (χ0v) is 13.5. The molecule has 0 atom stereocenters. The smallest absolute Gasteiger partial charge is 0.360 e. The highest BCUT2D eigenvalue weighted by Gasteiger charge is 2.27. The van der Waals surface area contributed by atoms with Gasteiger partial charge in [-0.25, -0.2) is 0 Å². The summed E-state index contributed by atoms with van der Waals surface area (Å²) < 4.78 is 42.8. The zero-order chi connectivity index (χ0) is 18.3. The Morgan fingerprint density at radius 3 is 2.81 bits per heavy atom. The molecule has 0 aliphatic heterocycles. The minimum absolute atomic E-state index is 0.0904. The van der Waals surface area contributed by atoms with Gasteiger partial charge < -0.3 is 20.1 Å². The quantitative estimate of drug-likeness (QED) is 0.506. The van der Waals surface area contributed by atoms with Gasteiger partial charge in [0.05, 0.1) is 11.1 Å². The normalized spacial score (nSPS) is 12.0. The largest absolute Gasteiger partial charge is 0.405 e. The third-order valence-corrected chi connectivity index (χ3v) is 3.78. The predicted octanol–water partition coefficient (Wildman–Crippen LogP) is 4.13. The minimum Gasteiger partial charge on any atom is -0.360 e. The van der Waals surface area contributed by atoms with Crippen molar-refractivity contribution < 1.29 is 17.7 Å². The molecule has 0 fully saturated rings. The van der Waals surface area contributed by atoms with Crippen molar-refractivity contribution in [1.29, 1.82) is 0 Å². The van der Waals surface area contributed by atoms with Crippen molar-refractivity contribution in [3.05, 3.63) is 36.2 Å². The Bertz CT molecular complexity index is 1080. The van der Waals surface area contributed by atoms with Gasteiger partial charge in [-0.2, -0.15) is 23.1 Å². The van der Waals surface area contributed by atoms with Crippen LogP contribution in [-0.2, 0) is 0 Å². The van der Waals surface area contributed by atoms with Gasteiger partial charge in [0.15, 0.2) is 5.58 Å². The Kier molecular flexibility index (Phi) is 3.67. The van der Waals surface area contributed by atoms with Crippen LogP contribution in [0.15, 0.2) is 35.0 Å². The van der Waals surface area contributed by atoms with Gasteiger partial charge in [-0.15, -0.1) is 0 Å². The second-order valence-electron chi connectivity index (χ2n) is 5.71. The van der Waals surface area contributed by atoms with E-state index in [1.807, 2.05) is 13.0 Å². The molecule has 26 heavy (non-hydrogen) atoms. The van der Waals surface area contributed by atoms with Gasteiger partial charge in [-0.3, -0.25) is 0 Å². The molecule has 10 heteroatoms. The Balaban J connectivity index is 1.66. The number of hydrogen-bond donors (Lipinski definition) is 3. The Labute approximate surface area is 144 Å². The predicted molar refractivity (Wildman–Crippen MR) is 90.5 cm³/mol. The summed E-state index contributed by atoms with van der Waals surface area (Å²) in [6, 6.07) is 6.96. The average molecular weight is 362 g/mol. The number of nitrogens with zero attached hydrogens (tertiary/aromatic N) is 3. The van der Waals surface area contributed by atoms with E-state index in [0.717, 1.165) is 11.1 Å². The molecule has 1 aromatic carbocycles. The summed E-state index contributed by atoms with van der Waals surface area (Å²) >= 11 is 0. The van der Waals surface area contributed by atoms with Crippen LogP contribution in [0.25, 0.3) is 22.0 Å². The van der Waals surface area contributed by atoms with E-state index in [4.69, 9.17) is 4.52 Å². The van der Waals surface area contributed by atoms with Gasteiger partial charge >= 0.3 is 6.18 Å². The molecule has 3 aromatic heterocycles. The van der Waals surface area contributed by atoms with E-state index in [1.54, 1.807) is 24.4 Å². The van der Waals surface area contributed by atoms with Crippen molar-refractivity contribution in [2.75, 3.05) is 17.2 Å². The number of aromatic amines is 1. The van der Waals surface area contributed by atoms with E-state index in [9.17, 15) is 13.2 Å². The third-order valence-electron chi connectivity index (χ3n) is 3.78. The van der Waals surface area contributed by atoms with Crippen LogP contribution in [0.2, 0.25) is 0 Å². The highest BCUT2D eigenvalue weighted by Crippen LogP contribution is 2.26. The maximum Gasteiger partial charge on any atom is 0.405 e. The van der Waals surface area contributed by atoms with Crippen LogP contribution in [0.3, 0.4) is 0 Å². The van der Waals surface area contributed by atoms with Gasteiger partial charge in [0, 0.05) is 23.3 Å². The van der Waals surface area contributed by atoms with Crippen molar-refractivity contribution in [1.82, 2.24) is 20.1 Å². The molecule has 3 N–H and O–H groups in total. The second-order valence-corrected chi connectivity index (χ2v) is 5.71. The molecule has 0 bridgehead atoms. The highest BCUT2D eigenvalue weighted by atomic mass is 19.4. The lowest BCUT2D eigenvalue weighted by Gasteiger charge is -2.11. The van der Waals surface area contributed by atoms with E-state index in [1.165, 1.54) is 0 Å². The summed E-state index contributed by atoms with van der Waals surface area (Å²) in [4.78, 5) is 11.3. The van der Waals surface area contributed by atoms with Gasteiger partial charge in [-0.1, -0.05) is 5.16 Å². The maximum absolute atomic E-state index is 12.5. The van der Waals surface area contributed by atoms with Crippen LogP contribution in [0.4, 0.5) is 30.6 Å². The van der Waals surface area contributed by atoms with Crippen molar-refractivity contribution in [2.24, 2.45) is 0 Å². The Hall–Kier alpha value is -3.30. The first-order valence-corrected chi connectivity index (χ1v) is 7.68. The lowest BCUT2D eigenvalue weighted by molar-refractivity contribution is -0.115. The fraction of sp³-hybridized carbons (Fsp3) is 0.188. The van der Waals surface area contributed by atoms with E-state index in [-0.39, 0.29) is 11.8 Å². The first kappa shape index (κ1) is 16.2. The Morgan fingerprint density at radius 2 is 2.00 bits per heavy atom. The molecular formula is C16H13F3N6O. The molecule has 7 nitrogen and oxygen atoms in total. The van der Waals surface area contributed by atoms with Crippen molar-refractivity contribution >= 4 is 39.5 Å². The molecule has 0 spiro atoms. The summed E-state index contributed by atoms with van der Waals surface area (Å²) in [5.74, 6) is 0.243. The monoisotopic (exact) mass is 362 g/mol. The summed E-state index contributed by atoms with van der Waals surface area (Å²) in [5, 5.41) is 10.5. The molecule has 0 saturated heterocycles. The molecule has 0 unspecified atom stereocenters. The van der Waals surface area contributed by atoms with Gasteiger partial charge in [0.2, 0.25) is 5.95 Å². The number of fused-ring (bicyclic) bond motifs is 2. The fourth-order valence-electron chi connectivity index (χ4n) is 2.59. The molecule has 3 heterocycles. The SMILES string of the molecule is Cc1noc2cc(Nc3nc(NCC(F)(F)F)c4cc[nH]c4n3)ccc12. The standard InChI is InChI=1S/C16H13F3N6O/c1-8-10-3-2-9(6-12(10)26-25-8)22-15-23-13-11(4-5-20-13)14(24-15)21-7-16(17,18)19/h2-6H,7H2,1H3,(H3,20,21,22,23,24). The molecule has 0 radical (unpaired) electrons. The number of benzene rings is 1. The molecule has 4 aromatic rings. The van der Waals surface area contributed by atoms with Crippen LogP contribution in [0.1, 0.15) is 5.69 Å². The van der Waals surface area contributed by atoms with Gasteiger partial charge in [-0.05, 0) is 25.1 Å². The van der Waals surface area contributed by atoms with Crippen molar-refractivity contribution in [2.45, 2.75) is 13.1 Å². The van der Waals surface area contributed by atoms with E-state index >= 15 is 0 Å². The highest BCUT2D eigenvalue weighted by molar-refractivity contribution is 5.89. The second kappa shape index (κ2) is 5.90. The number of aromatic nitrogens is 4. The molecule has 4 rings (SSSR count). The van der Waals surface area contributed by atoms with Crippen molar-refractivity contribution in [3.8, 4) is 0 Å². The summed E-state index contributed by atoms with van der Waals surface area (Å²) in [6.07, 6.45) is -2.76. The van der Waals surface area contributed by atoms with Crippen LogP contribution in [-0.4, -0.2) is 32.8 Å². The number of hydrogen-bond acceptors (Lipinski definition) is 6. The molecule has 0 aliphatic carbocycles. The number of halogens is 3. The maximum atomic E-state index is 12.5. The van der Waals surface area contributed by atoms with Crippen LogP contribution in [0.5, 0.6) is 0 Å². The first-order valence-electron chi connectivity index (χ1n) is 7.68. The molecule has 0 aliphatic rings. The Morgan fingerprint density at radius 1 is 1.15 bits per heavy atom. The summed E-state index contributed by atoms with van der Waals surface area (Å²) in [7, 11) is 0. The van der Waals surface area contributed by atoms with Crippen LogP contribution < -0.4 is 10.6 Å². The number of rotatable bonds is 4. The van der Waals surface area contributed by atoms with E-state index in [0.29, 0.717) is 22.3 Å². The van der Waals surface area contributed by atoms with Gasteiger partial charge in [0.25, 0.3) is 0 Å². The number of H-pyrrole nitrogens is 1. The lowest BCUT2D eigenvalue weighted by Crippen LogP contribution is -2.22. The summed E-state index contributed by atoms with van der Waals surface area (Å²) in [6.45, 7) is 0.646. The van der Waals surface area contributed by atoms with E-state index in [2.05, 4.69) is 30.7 Å². The van der Waals surface area contributed by atoms with Gasteiger partial charge in [0.1, 0.15) is 18.0 Å². The molecule has 134 valence electrons. The lowest BCUT2D eigenvalue weighted by atomic mass is 10.2. The number of aryl methyl sites for hydroxylation is 1. The average Bonchev–Trinajstić information content (AvgIpc) is 3.19. The number of nitrogens with one attached hydrogen (secondary N) is 3. The molecule has 0 saturated carbocycles. The fourth-order valence-corrected chi connectivity index (χ4v) is 2.59. The molecule has 0 amide bonds. The minimum atomic E-state index is -4.35. The molecular weight excluding hydrogens is 349 g/mol. The zero-order valence-electron chi connectivity index (χ0n) is 13.5. The summed E-state index contributed by atoms with van der Waals surface area (Å²) in [5.41, 5.74) is 2.41. The topological polar surface area (TPSA) is 91.7 Å². The van der Waals surface area contributed by atoms with Crippen molar-refractivity contribution in [3.63, 3.8) is 0 Å². The number of alkyl halides is 3. The first-order chi connectivity index (χ1) is 12.4. The number of anilines is 3.